The molecule has 154 valence electrons. The molecule has 1 atom stereocenters. The van der Waals surface area contributed by atoms with Crippen LogP contribution in [0.3, 0.4) is 0 Å². The van der Waals surface area contributed by atoms with Crippen LogP contribution in [0.5, 0.6) is 0 Å². The van der Waals surface area contributed by atoms with Crippen molar-refractivity contribution in [1.82, 2.24) is 4.98 Å². The normalized spacial score (nSPS) is 15.3. The summed E-state index contributed by atoms with van der Waals surface area (Å²) in [6.45, 7) is 3.30. The van der Waals surface area contributed by atoms with E-state index in [2.05, 4.69) is 12.1 Å². The van der Waals surface area contributed by atoms with Gasteiger partial charge in [0.2, 0.25) is 5.91 Å². The first-order valence-electron chi connectivity index (χ1n) is 9.88. The molecule has 8 heteroatoms. The van der Waals surface area contributed by atoms with Gasteiger partial charge in [0.25, 0.3) is 0 Å². The SMILES string of the molecule is CCc1c(C#N)c(S[C@H](C(N)=O)c2ccccc2)nc(N2CCC(N)CC2)c1C#N. The summed E-state index contributed by atoms with van der Waals surface area (Å²) in [5, 5.41) is 19.4. The molecular formula is C22H24N6OS. The molecule has 1 aromatic heterocycles. The van der Waals surface area contributed by atoms with Gasteiger partial charge in [-0.25, -0.2) is 4.98 Å². The van der Waals surface area contributed by atoms with Gasteiger partial charge in [0.15, 0.2) is 0 Å². The number of nitrogens with zero attached hydrogens (tertiary/aromatic N) is 4. The molecule has 2 aromatic rings. The van der Waals surface area contributed by atoms with Gasteiger partial charge < -0.3 is 16.4 Å². The Hall–Kier alpha value is -3.07. The molecule has 0 saturated carbocycles. The second kappa shape index (κ2) is 9.62. The van der Waals surface area contributed by atoms with Crippen LogP contribution in [0.2, 0.25) is 0 Å². The number of nitriles is 2. The molecule has 1 saturated heterocycles. The lowest BCUT2D eigenvalue weighted by Crippen LogP contribution is -2.40. The Labute approximate surface area is 180 Å². The third-order valence-corrected chi connectivity index (χ3v) is 6.51. The lowest BCUT2D eigenvalue weighted by Gasteiger charge is -2.32. The van der Waals surface area contributed by atoms with Crippen LogP contribution in [0, 0.1) is 22.7 Å². The highest BCUT2D eigenvalue weighted by Gasteiger charge is 2.28. The van der Waals surface area contributed by atoms with Gasteiger partial charge in [0.1, 0.15) is 28.2 Å². The number of carbonyl (C=O) groups excluding carboxylic acids is 1. The van der Waals surface area contributed by atoms with Crippen molar-refractivity contribution in [3.05, 3.63) is 52.6 Å². The fourth-order valence-corrected chi connectivity index (χ4v) is 4.70. The largest absolute Gasteiger partial charge is 0.368 e. The maximum atomic E-state index is 12.2. The second-order valence-electron chi connectivity index (χ2n) is 7.18. The van der Waals surface area contributed by atoms with Gasteiger partial charge in [-0.3, -0.25) is 4.79 Å². The third kappa shape index (κ3) is 4.40. The van der Waals surface area contributed by atoms with E-state index < -0.39 is 11.2 Å². The zero-order valence-electron chi connectivity index (χ0n) is 16.8. The quantitative estimate of drug-likeness (QED) is 0.686. The monoisotopic (exact) mass is 420 g/mol. The van der Waals surface area contributed by atoms with E-state index in [1.165, 1.54) is 0 Å². The summed E-state index contributed by atoms with van der Waals surface area (Å²) in [5.74, 6) is 0.0452. The number of aromatic nitrogens is 1. The molecule has 1 aliphatic heterocycles. The minimum atomic E-state index is -0.689. The Morgan fingerprint density at radius 1 is 1.23 bits per heavy atom. The van der Waals surface area contributed by atoms with E-state index >= 15 is 0 Å². The molecule has 0 spiro atoms. The first-order chi connectivity index (χ1) is 14.5. The Balaban J connectivity index is 2.11. The second-order valence-corrected chi connectivity index (χ2v) is 8.28. The van der Waals surface area contributed by atoms with Crippen molar-refractivity contribution in [2.75, 3.05) is 18.0 Å². The lowest BCUT2D eigenvalue weighted by atomic mass is 10.00. The summed E-state index contributed by atoms with van der Waals surface area (Å²) in [6, 6.07) is 13.8. The van der Waals surface area contributed by atoms with Crippen LogP contribution in [0.25, 0.3) is 0 Å². The molecule has 0 bridgehead atoms. The fraction of sp³-hybridized carbons (Fsp3) is 0.364. The van der Waals surface area contributed by atoms with E-state index in [-0.39, 0.29) is 6.04 Å². The van der Waals surface area contributed by atoms with Gasteiger partial charge in [-0.2, -0.15) is 10.5 Å². The van der Waals surface area contributed by atoms with Crippen LogP contribution in [-0.2, 0) is 11.2 Å². The van der Waals surface area contributed by atoms with E-state index in [4.69, 9.17) is 16.5 Å². The number of nitrogens with two attached hydrogens (primary N) is 2. The highest BCUT2D eigenvalue weighted by molar-refractivity contribution is 8.00. The first-order valence-corrected chi connectivity index (χ1v) is 10.8. The molecule has 3 rings (SSSR count). The number of benzene rings is 1. The molecule has 1 aromatic carbocycles. The molecule has 0 radical (unpaired) electrons. The molecule has 2 heterocycles. The number of primary amides is 1. The van der Waals surface area contributed by atoms with E-state index in [1.807, 2.05) is 42.2 Å². The van der Waals surface area contributed by atoms with Crippen LogP contribution in [0.4, 0.5) is 5.82 Å². The van der Waals surface area contributed by atoms with Gasteiger partial charge in [-0.15, -0.1) is 0 Å². The summed E-state index contributed by atoms with van der Waals surface area (Å²) in [7, 11) is 0. The smallest absolute Gasteiger partial charge is 0.235 e. The van der Waals surface area contributed by atoms with Crippen molar-refractivity contribution in [3.8, 4) is 12.1 Å². The number of hydrogen-bond donors (Lipinski definition) is 2. The van der Waals surface area contributed by atoms with Crippen LogP contribution >= 0.6 is 11.8 Å². The molecule has 30 heavy (non-hydrogen) atoms. The summed E-state index contributed by atoms with van der Waals surface area (Å²) in [4.78, 5) is 19.0. The van der Waals surface area contributed by atoms with Crippen molar-refractivity contribution in [2.45, 2.75) is 42.5 Å². The van der Waals surface area contributed by atoms with Crippen molar-refractivity contribution in [1.29, 1.82) is 10.5 Å². The lowest BCUT2D eigenvalue weighted by molar-refractivity contribution is -0.117. The highest BCUT2D eigenvalue weighted by Crippen LogP contribution is 2.39. The van der Waals surface area contributed by atoms with Gasteiger partial charge in [0, 0.05) is 19.1 Å². The average Bonchev–Trinajstić information content (AvgIpc) is 2.77. The molecule has 4 N–H and O–H groups in total. The predicted molar refractivity (Wildman–Crippen MR) is 117 cm³/mol. The number of thioether (sulfide) groups is 1. The van der Waals surface area contributed by atoms with E-state index in [1.54, 1.807) is 0 Å². The minimum Gasteiger partial charge on any atom is -0.368 e. The van der Waals surface area contributed by atoms with Crippen molar-refractivity contribution >= 4 is 23.5 Å². The number of hydrogen-bond acceptors (Lipinski definition) is 7. The maximum Gasteiger partial charge on any atom is 0.235 e. The average molecular weight is 421 g/mol. The number of piperidine rings is 1. The van der Waals surface area contributed by atoms with Gasteiger partial charge in [-0.05, 0) is 30.4 Å². The molecule has 1 aliphatic rings. The summed E-state index contributed by atoms with van der Waals surface area (Å²) in [6.07, 6.45) is 2.13. The number of amides is 1. The molecule has 1 amide bonds. The van der Waals surface area contributed by atoms with Crippen LogP contribution in [-0.4, -0.2) is 30.0 Å². The standard InChI is InChI=1S/C22H24N6OS/c1-2-16-17(12-23)21(28-10-8-15(25)9-11-28)27-22(18(16)13-24)30-19(20(26)29)14-6-4-3-5-7-14/h3-7,15,19H,2,8-11,25H2,1H3,(H2,26,29)/t19-/m0/s1. The minimum absolute atomic E-state index is 0.141. The maximum absolute atomic E-state index is 12.2. The Bertz CT molecular complexity index is 1000. The van der Waals surface area contributed by atoms with E-state index in [9.17, 15) is 15.3 Å². The van der Waals surface area contributed by atoms with E-state index in [0.717, 1.165) is 30.2 Å². The van der Waals surface area contributed by atoms with Crippen LogP contribution in [0.15, 0.2) is 35.4 Å². The topological polar surface area (TPSA) is 133 Å². The highest BCUT2D eigenvalue weighted by atomic mass is 32.2. The summed E-state index contributed by atoms with van der Waals surface area (Å²) in [5.41, 5.74) is 13.9. The molecular weight excluding hydrogens is 396 g/mol. The molecule has 7 nitrogen and oxygen atoms in total. The fourth-order valence-electron chi connectivity index (χ4n) is 3.64. The zero-order chi connectivity index (χ0) is 21.7. The van der Waals surface area contributed by atoms with Gasteiger partial charge in [0.05, 0.1) is 11.1 Å². The summed E-state index contributed by atoms with van der Waals surface area (Å²) < 4.78 is 0. The van der Waals surface area contributed by atoms with Crippen molar-refractivity contribution < 1.29 is 4.79 Å². The van der Waals surface area contributed by atoms with Gasteiger partial charge >= 0.3 is 0 Å². The summed E-state index contributed by atoms with van der Waals surface area (Å²) >= 11 is 1.16. The Kier molecular flexibility index (Phi) is 6.94. The Morgan fingerprint density at radius 2 is 1.87 bits per heavy atom. The van der Waals surface area contributed by atoms with Gasteiger partial charge in [-0.1, -0.05) is 49.0 Å². The Morgan fingerprint density at radius 3 is 2.40 bits per heavy atom. The van der Waals surface area contributed by atoms with E-state index in [0.29, 0.717) is 47.0 Å². The van der Waals surface area contributed by atoms with Crippen LogP contribution < -0.4 is 16.4 Å². The molecule has 1 fully saturated rings. The predicted octanol–water partition coefficient (Wildman–Crippen LogP) is 2.63. The third-order valence-electron chi connectivity index (χ3n) is 5.25. The number of rotatable bonds is 6. The van der Waals surface area contributed by atoms with Crippen LogP contribution in [0.1, 0.15) is 47.3 Å². The molecule has 0 aliphatic carbocycles. The van der Waals surface area contributed by atoms with Crippen molar-refractivity contribution in [2.24, 2.45) is 11.5 Å². The number of pyridine rings is 1. The number of anilines is 1. The first kappa shape index (κ1) is 21.6. The number of carbonyl (C=O) groups is 1. The van der Waals surface area contributed by atoms with Crippen molar-refractivity contribution in [3.63, 3.8) is 0 Å². The molecule has 0 unspecified atom stereocenters. The zero-order valence-corrected chi connectivity index (χ0v) is 17.7.